The van der Waals surface area contributed by atoms with Gasteiger partial charge in [-0.15, -0.1) is 0 Å². The Labute approximate surface area is 136 Å². The van der Waals surface area contributed by atoms with E-state index in [0.717, 1.165) is 11.3 Å². The Balaban J connectivity index is 1.58. The van der Waals surface area contributed by atoms with Gasteiger partial charge in [0.25, 0.3) is 5.56 Å². The largest absolute Gasteiger partial charge is 0.341 e. The van der Waals surface area contributed by atoms with Crippen molar-refractivity contribution in [2.45, 2.75) is 6.54 Å². The first-order chi connectivity index (χ1) is 11.7. The first-order valence-electron chi connectivity index (χ1n) is 7.44. The molecule has 0 saturated heterocycles. The van der Waals surface area contributed by atoms with Crippen LogP contribution >= 0.6 is 0 Å². The lowest BCUT2D eigenvalue weighted by atomic mass is 10.3. The lowest BCUT2D eigenvalue weighted by Crippen LogP contribution is -2.22. The Morgan fingerprint density at radius 2 is 2.04 bits per heavy atom. The molecule has 0 aliphatic rings. The highest BCUT2D eigenvalue weighted by atomic mass is 16.1. The number of nitrogens with one attached hydrogen (secondary N) is 2. The van der Waals surface area contributed by atoms with E-state index in [1.54, 1.807) is 6.20 Å². The van der Waals surface area contributed by atoms with Crippen LogP contribution in [0.5, 0.6) is 0 Å². The van der Waals surface area contributed by atoms with E-state index in [-0.39, 0.29) is 5.56 Å². The second-order valence-corrected chi connectivity index (χ2v) is 5.51. The van der Waals surface area contributed by atoms with E-state index in [0.29, 0.717) is 23.5 Å². The molecule has 0 fully saturated rings. The molecule has 24 heavy (non-hydrogen) atoms. The van der Waals surface area contributed by atoms with Crippen molar-refractivity contribution >= 4 is 17.0 Å². The predicted molar refractivity (Wildman–Crippen MR) is 90.2 cm³/mol. The van der Waals surface area contributed by atoms with Gasteiger partial charge in [-0.1, -0.05) is 18.2 Å². The summed E-state index contributed by atoms with van der Waals surface area (Å²) in [6, 6.07) is 9.89. The summed E-state index contributed by atoms with van der Waals surface area (Å²) >= 11 is 0. The minimum Gasteiger partial charge on any atom is -0.341 e. The topological polar surface area (TPSA) is 95.5 Å². The molecule has 0 aliphatic heterocycles. The third-order valence-electron chi connectivity index (χ3n) is 3.75. The number of aromatic amines is 2. The average molecular weight is 321 g/mol. The summed E-state index contributed by atoms with van der Waals surface area (Å²) in [5.41, 5.74) is 2.27. The molecule has 3 heterocycles. The van der Waals surface area contributed by atoms with Gasteiger partial charge in [-0.25, -0.2) is 4.68 Å². The maximum Gasteiger partial charge on any atom is 0.263 e. The van der Waals surface area contributed by atoms with E-state index >= 15 is 0 Å². The van der Waals surface area contributed by atoms with E-state index in [9.17, 15) is 4.79 Å². The number of nitrogens with zero attached hydrogens (tertiary/aromatic N) is 5. The molecule has 120 valence electrons. The number of hydrogen-bond acceptors (Lipinski definition) is 5. The third-order valence-corrected chi connectivity index (χ3v) is 3.75. The molecule has 1 aromatic carbocycles. The van der Waals surface area contributed by atoms with E-state index in [2.05, 4.69) is 25.3 Å². The molecule has 0 atom stereocenters. The standard InChI is InChI=1S/C16H15N7O/c1-22(16-19-14-13(8-17-21-14)15(24)20-16)9-11-7-18-23(10-11)12-5-3-2-4-6-12/h2-8,10H,9H2,1H3,(H2,17,19,20,21,24). The molecule has 2 N–H and O–H groups in total. The molecular formula is C16H15N7O. The Kier molecular flexibility index (Phi) is 3.34. The number of benzene rings is 1. The van der Waals surface area contributed by atoms with Gasteiger partial charge >= 0.3 is 0 Å². The SMILES string of the molecule is CN(Cc1cnn(-c2ccccc2)c1)c1nc2[nH]ncc2c(=O)[nH]1. The zero-order valence-electron chi connectivity index (χ0n) is 13.0. The van der Waals surface area contributed by atoms with Crippen molar-refractivity contribution in [2.75, 3.05) is 11.9 Å². The van der Waals surface area contributed by atoms with Crippen LogP contribution < -0.4 is 10.5 Å². The first-order valence-corrected chi connectivity index (χ1v) is 7.44. The number of aromatic nitrogens is 6. The fourth-order valence-corrected chi connectivity index (χ4v) is 2.53. The van der Waals surface area contributed by atoms with Crippen molar-refractivity contribution in [3.8, 4) is 5.69 Å². The molecule has 4 rings (SSSR count). The lowest BCUT2D eigenvalue weighted by Gasteiger charge is -2.16. The molecule has 3 aromatic heterocycles. The van der Waals surface area contributed by atoms with Gasteiger partial charge in [0.1, 0.15) is 5.39 Å². The van der Waals surface area contributed by atoms with Gasteiger partial charge in [0.15, 0.2) is 5.65 Å². The van der Waals surface area contributed by atoms with Crippen molar-refractivity contribution in [2.24, 2.45) is 0 Å². The van der Waals surface area contributed by atoms with Crippen molar-refractivity contribution in [1.82, 2.24) is 29.9 Å². The second kappa shape index (κ2) is 5.65. The van der Waals surface area contributed by atoms with Crippen LogP contribution in [0.4, 0.5) is 5.95 Å². The normalized spacial score (nSPS) is 11.0. The molecule has 8 nitrogen and oxygen atoms in total. The summed E-state index contributed by atoms with van der Waals surface area (Å²) in [7, 11) is 1.86. The highest BCUT2D eigenvalue weighted by Crippen LogP contribution is 2.13. The van der Waals surface area contributed by atoms with Crippen LogP contribution in [0.2, 0.25) is 0 Å². The molecule has 0 radical (unpaired) electrons. The van der Waals surface area contributed by atoms with Crippen molar-refractivity contribution < 1.29 is 0 Å². The summed E-state index contributed by atoms with van der Waals surface area (Å²) in [5.74, 6) is 0.476. The van der Waals surface area contributed by atoms with E-state index in [4.69, 9.17) is 0 Å². The maximum atomic E-state index is 12.0. The van der Waals surface area contributed by atoms with E-state index in [1.165, 1.54) is 6.20 Å². The highest BCUT2D eigenvalue weighted by Gasteiger charge is 2.11. The minimum absolute atomic E-state index is 0.212. The Morgan fingerprint density at radius 3 is 2.88 bits per heavy atom. The molecule has 0 bridgehead atoms. The molecule has 0 amide bonds. The van der Waals surface area contributed by atoms with Gasteiger partial charge < -0.3 is 4.90 Å². The van der Waals surface area contributed by atoms with Crippen LogP contribution in [0.1, 0.15) is 5.56 Å². The molecule has 0 spiro atoms. The molecule has 0 saturated carbocycles. The number of para-hydroxylation sites is 1. The Bertz CT molecular complexity index is 1030. The highest BCUT2D eigenvalue weighted by molar-refractivity contribution is 5.73. The van der Waals surface area contributed by atoms with Crippen LogP contribution in [0, 0.1) is 0 Å². The van der Waals surface area contributed by atoms with Gasteiger partial charge in [-0.05, 0) is 12.1 Å². The summed E-state index contributed by atoms with van der Waals surface area (Å²) in [6.07, 6.45) is 5.23. The van der Waals surface area contributed by atoms with Crippen molar-refractivity contribution in [1.29, 1.82) is 0 Å². The van der Waals surface area contributed by atoms with Crippen LogP contribution in [-0.4, -0.2) is 37.0 Å². The Hall–Kier alpha value is -3.42. The van der Waals surface area contributed by atoms with Gasteiger partial charge in [-0.2, -0.15) is 15.2 Å². The second-order valence-electron chi connectivity index (χ2n) is 5.51. The zero-order chi connectivity index (χ0) is 16.5. The lowest BCUT2D eigenvalue weighted by molar-refractivity contribution is 0.861. The van der Waals surface area contributed by atoms with Gasteiger partial charge in [0.2, 0.25) is 5.95 Å². The van der Waals surface area contributed by atoms with Crippen LogP contribution in [0.15, 0.2) is 53.7 Å². The van der Waals surface area contributed by atoms with E-state index in [1.807, 2.05) is 53.2 Å². The number of rotatable bonds is 4. The smallest absolute Gasteiger partial charge is 0.263 e. The Morgan fingerprint density at radius 1 is 1.21 bits per heavy atom. The number of H-pyrrole nitrogens is 2. The van der Waals surface area contributed by atoms with Crippen LogP contribution in [0.3, 0.4) is 0 Å². The number of hydrogen-bond donors (Lipinski definition) is 2. The third kappa shape index (κ3) is 2.54. The van der Waals surface area contributed by atoms with Gasteiger partial charge in [0, 0.05) is 25.4 Å². The van der Waals surface area contributed by atoms with Crippen molar-refractivity contribution in [3.63, 3.8) is 0 Å². The van der Waals surface area contributed by atoms with Gasteiger partial charge in [0.05, 0.1) is 18.1 Å². The van der Waals surface area contributed by atoms with Crippen molar-refractivity contribution in [3.05, 3.63) is 64.8 Å². The predicted octanol–water partition coefficient (Wildman–Crippen LogP) is 1.47. The quantitative estimate of drug-likeness (QED) is 0.593. The number of fused-ring (bicyclic) bond motifs is 1. The summed E-state index contributed by atoms with van der Waals surface area (Å²) in [5, 5.41) is 11.4. The molecule has 0 unspecified atom stereocenters. The molecule has 4 aromatic rings. The summed E-state index contributed by atoms with van der Waals surface area (Å²) < 4.78 is 1.82. The molecular weight excluding hydrogens is 306 g/mol. The molecule has 8 heteroatoms. The fraction of sp³-hybridized carbons (Fsp3) is 0.125. The van der Waals surface area contributed by atoms with E-state index < -0.39 is 0 Å². The summed E-state index contributed by atoms with van der Waals surface area (Å²) in [4.78, 5) is 21.0. The number of anilines is 1. The minimum atomic E-state index is -0.212. The summed E-state index contributed by atoms with van der Waals surface area (Å²) in [6.45, 7) is 0.565. The van der Waals surface area contributed by atoms with Crippen LogP contribution in [-0.2, 0) is 6.54 Å². The first kappa shape index (κ1) is 14.2. The van der Waals surface area contributed by atoms with Gasteiger partial charge in [-0.3, -0.25) is 14.9 Å². The molecule has 0 aliphatic carbocycles. The monoisotopic (exact) mass is 321 g/mol. The zero-order valence-corrected chi connectivity index (χ0v) is 13.0. The average Bonchev–Trinajstić information content (AvgIpc) is 3.25. The van der Waals surface area contributed by atoms with Crippen LogP contribution in [0.25, 0.3) is 16.7 Å². The maximum absolute atomic E-state index is 12.0. The fourth-order valence-electron chi connectivity index (χ4n) is 2.53.